The molecule has 14 heavy (non-hydrogen) atoms. The second kappa shape index (κ2) is 4.43. The van der Waals surface area contributed by atoms with E-state index in [0.29, 0.717) is 6.42 Å². The van der Waals surface area contributed by atoms with Gasteiger partial charge in [0.2, 0.25) is 0 Å². The number of hydrogen-bond donors (Lipinski definition) is 1. The van der Waals surface area contributed by atoms with Crippen LogP contribution in [0, 0.1) is 0 Å². The summed E-state index contributed by atoms with van der Waals surface area (Å²) in [4.78, 5) is 12.6. The summed E-state index contributed by atoms with van der Waals surface area (Å²) >= 11 is 1.53. The summed E-state index contributed by atoms with van der Waals surface area (Å²) in [5.74, 6) is 0.279. The van der Waals surface area contributed by atoms with Gasteiger partial charge in [0.15, 0.2) is 5.78 Å². The van der Waals surface area contributed by atoms with Crippen molar-refractivity contribution >= 4 is 29.5 Å². The number of halogens is 1. The van der Waals surface area contributed by atoms with Crippen molar-refractivity contribution in [1.82, 2.24) is 5.32 Å². The van der Waals surface area contributed by atoms with Crippen molar-refractivity contribution in [1.29, 1.82) is 0 Å². The average molecular weight is 232 g/mol. The first-order valence-electron chi connectivity index (χ1n) is 4.51. The highest BCUT2D eigenvalue weighted by Crippen LogP contribution is 2.39. The van der Waals surface area contributed by atoms with Gasteiger partial charge in [0.1, 0.15) is 0 Å². The van der Waals surface area contributed by atoms with Crippen LogP contribution in [0.5, 0.6) is 0 Å². The lowest BCUT2D eigenvalue weighted by atomic mass is 10.1. The van der Waals surface area contributed by atoms with Gasteiger partial charge in [0, 0.05) is 12.0 Å². The summed E-state index contributed by atoms with van der Waals surface area (Å²) in [5.41, 5.74) is 0.140. The summed E-state index contributed by atoms with van der Waals surface area (Å²) in [6.45, 7) is 0. The van der Waals surface area contributed by atoms with Crippen LogP contribution in [0.15, 0.2) is 17.5 Å². The normalized spacial score (nSPS) is 17.2. The van der Waals surface area contributed by atoms with E-state index < -0.39 is 0 Å². The first-order valence-corrected chi connectivity index (χ1v) is 5.39. The molecule has 1 aliphatic carbocycles. The third kappa shape index (κ3) is 2.35. The van der Waals surface area contributed by atoms with E-state index in [1.807, 2.05) is 24.6 Å². The number of thiophene rings is 1. The number of nitrogens with one attached hydrogen (secondary N) is 1. The smallest absolute Gasteiger partial charge is 0.174 e. The Bertz CT molecular complexity index is 306. The van der Waals surface area contributed by atoms with Gasteiger partial charge in [-0.2, -0.15) is 0 Å². The molecular formula is C10H14ClNOS. The molecule has 0 atom stereocenters. The lowest BCUT2D eigenvalue weighted by Crippen LogP contribution is -2.29. The van der Waals surface area contributed by atoms with Gasteiger partial charge in [-0.05, 0) is 31.3 Å². The van der Waals surface area contributed by atoms with Crippen molar-refractivity contribution in [3.05, 3.63) is 22.4 Å². The standard InChI is InChI=1S/C10H13NOS.ClH/c1-11-10(4-5-10)7-8(12)9-3-2-6-13-9;/h2-3,6,11H,4-5,7H2,1H3;1H. The monoisotopic (exact) mass is 231 g/mol. The maximum Gasteiger partial charge on any atom is 0.174 e. The summed E-state index contributed by atoms with van der Waals surface area (Å²) in [6.07, 6.45) is 2.94. The van der Waals surface area contributed by atoms with Crippen LogP contribution in [-0.4, -0.2) is 18.4 Å². The van der Waals surface area contributed by atoms with Crippen molar-refractivity contribution in [2.75, 3.05) is 7.05 Å². The van der Waals surface area contributed by atoms with Crippen LogP contribution in [-0.2, 0) is 0 Å². The van der Waals surface area contributed by atoms with Gasteiger partial charge in [-0.25, -0.2) is 0 Å². The average Bonchev–Trinajstić information content (AvgIpc) is 2.69. The molecule has 0 aliphatic heterocycles. The van der Waals surface area contributed by atoms with E-state index in [2.05, 4.69) is 5.32 Å². The zero-order chi connectivity index (χ0) is 9.31. The Kier molecular flexibility index (Phi) is 3.70. The molecule has 78 valence electrons. The SMILES string of the molecule is CNC1(CC(=O)c2cccs2)CC1.Cl. The van der Waals surface area contributed by atoms with E-state index >= 15 is 0 Å². The molecule has 2 nitrogen and oxygen atoms in total. The van der Waals surface area contributed by atoms with Crippen LogP contribution in [0.25, 0.3) is 0 Å². The van der Waals surface area contributed by atoms with E-state index in [9.17, 15) is 4.79 Å². The summed E-state index contributed by atoms with van der Waals surface area (Å²) in [6, 6.07) is 3.83. The maximum atomic E-state index is 11.7. The van der Waals surface area contributed by atoms with Crippen LogP contribution in [0.3, 0.4) is 0 Å². The van der Waals surface area contributed by atoms with E-state index in [1.165, 1.54) is 11.3 Å². The molecule has 2 rings (SSSR count). The second-order valence-corrected chi connectivity index (χ2v) is 4.56. The quantitative estimate of drug-likeness (QED) is 0.807. The molecule has 1 aromatic heterocycles. The Morgan fingerprint density at radius 2 is 2.36 bits per heavy atom. The lowest BCUT2D eigenvalue weighted by molar-refractivity contribution is 0.0970. The van der Waals surface area contributed by atoms with Crippen LogP contribution in [0.4, 0.5) is 0 Å². The molecule has 1 heterocycles. The molecule has 0 unspecified atom stereocenters. The Hall–Kier alpha value is -0.380. The maximum absolute atomic E-state index is 11.7. The highest BCUT2D eigenvalue weighted by molar-refractivity contribution is 7.12. The third-order valence-corrected chi connectivity index (χ3v) is 3.59. The van der Waals surface area contributed by atoms with Crippen LogP contribution >= 0.6 is 23.7 Å². The second-order valence-electron chi connectivity index (χ2n) is 3.61. The van der Waals surface area contributed by atoms with Crippen molar-refractivity contribution in [2.24, 2.45) is 0 Å². The molecule has 0 saturated heterocycles. The highest BCUT2D eigenvalue weighted by atomic mass is 35.5. The fourth-order valence-corrected chi connectivity index (χ4v) is 2.16. The molecule has 1 fully saturated rings. The molecule has 0 amide bonds. The van der Waals surface area contributed by atoms with Gasteiger partial charge >= 0.3 is 0 Å². The Labute approximate surface area is 94.1 Å². The summed E-state index contributed by atoms with van der Waals surface area (Å²) in [7, 11) is 1.94. The van der Waals surface area contributed by atoms with E-state index in [0.717, 1.165) is 17.7 Å². The first kappa shape index (κ1) is 11.7. The molecule has 1 aliphatic rings. The van der Waals surface area contributed by atoms with Crippen molar-refractivity contribution < 1.29 is 4.79 Å². The van der Waals surface area contributed by atoms with Crippen molar-refractivity contribution in [3.63, 3.8) is 0 Å². The number of rotatable bonds is 4. The predicted octanol–water partition coefficient (Wildman–Crippen LogP) is 2.49. The van der Waals surface area contributed by atoms with Gasteiger partial charge < -0.3 is 5.32 Å². The summed E-state index contributed by atoms with van der Waals surface area (Å²) < 4.78 is 0. The van der Waals surface area contributed by atoms with Crippen LogP contribution in [0.1, 0.15) is 28.9 Å². The van der Waals surface area contributed by atoms with Gasteiger partial charge in [0.25, 0.3) is 0 Å². The van der Waals surface area contributed by atoms with Crippen LogP contribution < -0.4 is 5.32 Å². The zero-order valence-corrected chi connectivity index (χ0v) is 9.71. The molecule has 0 bridgehead atoms. The highest BCUT2D eigenvalue weighted by Gasteiger charge is 2.42. The molecule has 0 aromatic carbocycles. The topological polar surface area (TPSA) is 29.1 Å². The van der Waals surface area contributed by atoms with E-state index in [-0.39, 0.29) is 23.7 Å². The summed E-state index contributed by atoms with van der Waals surface area (Å²) in [5, 5.41) is 5.18. The van der Waals surface area contributed by atoms with E-state index in [1.54, 1.807) is 0 Å². The number of Topliss-reactive ketones (excluding diaryl/α,β-unsaturated/α-hetero) is 1. The molecule has 4 heteroatoms. The van der Waals surface area contributed by atoms with Crippen molar-refractivity contribution in [2.45, 2.75) is 24.8 Å². The molecule has 1 N–H and O–H groups in total. The van der Waals surface area contributed by atoms with Crippen LogP contribution in [0.2, 0.25) is 0 Å². The Morgan fingerprint density at radius 3 is 2.79 bits per heavy atom. The number of carbonyl (C=O) groups is 1. The van der Waals surface area contributed by atoms with Gasteiger partial charge in [-0.1, -0.05) is 6.07 Å². The predicted molar refractivity (Wildman–Crippen MR) is 61.5 cm³/mol. The third-order valence-electron chi connectivity index (χ3n) is 2.68. The number of hydrogen-bond acceptors (Lipinski definition) is 3. The van der Waals surface area contributed by atoms with E-state index in [4.69, 9.17) is 0 Å². The van der Waals surface area contributed by atoms with Crippen molar-refractivity contribution in [3.8, 4) is 0 Å². The Balaban J connectivity index is 0.000000980. The lowest BCUT2D eigenvalue weighted by Gasteiger charge is -2.11. The van der Waals surface area contributed by atoms with Gasteiger partial charge in [0.05, 0.1) is 4.88 Å². The number of ketones is 1. The minimum Gasteiger partial charge on any atom is -0.314 e. The molecule has 1 saturated carbocycles. The molecule has 0 radical (unpaired) electrons. The largest absolute Gasteiger partial charge is 0.314 e. The minimum atomic E-state index is 0. The fourth-order valence-electron chi connectivity index (χ4n) is 1.50. The molecule has 1 aromatic rings. The van der Waals surface area contributed by atoms with Gasteiger partial charge in [-0.3, -0.25) is 4.79 Å². The first-order chi connectivity index (χ1) is 6.26. The van der Waals surface area contributed by atoms with Gasteiger partial charge in [-0.15, -0.1) is 23.7 Å². The molecule has 0 spiro atoms. The zero-order valence-electron chi connectivity index (χ0n) is 8.08. The molecular weight excluding hydrogens is 218 g/mol. The minimum absolute atomic E-state index is 0. The fraction of sp³-hybridized carbons (Fsp3) is 0.500. The Morgan fingerprint density at radius 1 is 1.64 bits per heavy atom. The number of carbonyl (C=O) groups excluding carboxylic acids is 1.